The number of pyridine rings is 1. The highest BCUT2D eigenvalue weighted by atomic mass is 16.5. The molecule has 3 rings (SSSR count). The Labute approximate surface area is 130 Å². The van der Waals surface area contributed by atoms with Gasteiger partial charge >= 0.3 is 0 Å². The van der Waals surface area contributed by atoms with Gasteiger partial charge in [0, 0.05) is 49.6 Å². The van der Waals surface area contributed by atoms with Crippen LogP contribution in [0.4, 0.5) is 5.95 Å². The molecular weight excluding hydrogens is 278 g/mol. The summed E-state index contributed by atoms with van der Waals surface area (Å²) in [5.74, 6) is 1.07. The topological polar surface area (TPSA) is 77.2 Å². The van der Waals surface area contributed by atoms with Crippen molar-refractivity contribution >= 4 is 5.95 Å². The van der Waals surface area contributed by atoms with E-state index in [0.717, 1.165) is 48.8 Å². The molecule has 6 nitrogen and oxygen atoms in total. The second kappa shape index (κ2) is 6.27. The first kappa shape index (κ1) is 14.7. The van der Waals surface area contributed by atoms with E-state index in [1.165, 1.54) is 0 Å². The van der Waals surface area contributed by atoms with Crippen molar-refractivity contribution in [2.45, 2.75) is 39.5 Å². The van der Waals surface area contributed by atoms with E-state index in [9.17, 15) is 0 Å². The summed E-state index contributed by atoms with van der Waals surface area (Å²) in [4.78, 5) is 15.1. The summed E-state index contributed by atoms with van der Waals surface area (Å²) in [5, 5.41) is 0. The van der Waals surface area contributed by atoms with Crippen LogP contribution in [0.5, 0.6) is 5.88 Å². The van der Waals surface area contributed by atoms with Crippen LogP contribution in [0.3, 0.4) is 0 Å². The summed E-state index contributed by atoms with van der Waals surface area (Å²) in [6, 6.07) is 4.02. The van der Waals surface area contributed by atoms with Gasteiger partial charge < -0.3 is 10.5 Å². The van der Waals surface area contributed by atoms with Crippen LogP contribution >= 0.6 is 0 Å². The Morgan fingerprint density at radius 2 is 2.23 bits per heavy atom. The molecule has 2 N–H and O–H groups in total. The molecule has 0 aromatic carbocycles. The molecule has 1 aliphatic rings. The summed E-state index contributed by atoms with van der Waals surface area (Å²) >= 11 is 0. The largest absolute Gasteiger partial charge is 0.475 e. The average molecular weight is 299 g/mol. The minimum atomic E-state index is 0.118. The van der Waals surface area contributed by atoms with Gasteiger partial charge in [0.25, 0.3) is 0 Å². The molecule has 0 amide bonds. The molecule has 22 heavy (non-hydrogen) atoms. The van der Waals surface area contributed by atoms with Crippen LogP contribution < -0.4 is 10.5 Å². The summed E-state index contributed by atoms with van der Waals surface area (Å²) in [6.45, 7) is 6.60. The third-order valence-electron chi connectivity index (χ3n) is 3.62. The quantitative estimate of drug-likeness (QED) is 0.927. The highest BCUT2D eigenvalue weighted by Crippen LogP contribution is 2.22. The van der Waals surface area contributed by atoms with Gasteiger partial charge in [-0.05, 0) is 19.9 Å². The number of fused-ring (bicyclic) bond motifs is 1. The van der Waals surface area contributed by atoms with Crippen LogP contribution in [0.2, 0.25) is 0 Å². The van der Waals surface area contributed by atoms with E-state index in [0.29, 0.717) is 5.95 Å². The third kappa shape index (κ3) is 3.33. The summed E-state index contributed by atoms with van der Waals surface area (Å²) in [7, 11) is 0. The van der Waals surface area contributed by atoms with Gasteiger partial charge in [0.1, 0.15) is 0 Å². The predicted octanol–water partition coefficient (Wildman–Crippen LogP) is 1.80. The van der Waals surface area contributed by atoms with Crippen LogP contribution in [0.25, 0.3) is 0 Å². The third-order valence-corrected chi connectivity index (χ3v) is 3.62. The minimum Gasteiger partial charge on any atom is -0.475 e. The SMILES string of the molecule is CC(C)Oc1ncccc1CN1CCc2nc(N)ncc2C1. The Kier molecular flexibility index (Phi) is 4.20. The minimum absolute atomic E-state index is 0.118. The van der Waals surface area contributed by atoms with E-state index in [1.54, 1.807) is 6.20 Å². The first-order valence-electron chi connectivity index (χ1n) is 7.55. The summed E-state index contributed by atoms with van der Waals surface area (Å²) in [6.07, 6.45) is 4.61. The van der Waals surface area contributed by atoms with Crippen molar-refractivity contribution in [2.24, 2.45) is 0 Å². The molecular formula is C16H21N5O. The molecule has 116 valence electrons. The number of ether oxygens (including phenoxy) is 1. The standard InChI is InChI=1S/C16H21N5O/c1-11(2)22-15-12(4-3-6-18-15)9-21-7-5-14-13(10-21)8-19-16(17)20-14/h3-4,6,8,11H,5,7,9-10H2,1-2H3,(H2,17,19,20). The number of nitrogen functional groups attached to an aromatic ring is 1. The van der Waals surface area contributed by atoms with E-state index >= 15 is 0 Å². The van der Waals surface area contributed by atoms with Crippen LogP contribution in [0.1, 0.15) is 30.7 Å². The first-order valence-corrected chi connectivity index (χ1v) is 7.55. The molecule has 0 saturated heterocycles. The van der Waals surface area contributed by atoms with Crippen LogP contribution in [0.15, 0.2) is 24.5 Å². The maximum atomic E-state index is 5.79. The highest BCUT2D eigenvalue weighted by molar-refractivity contribution is 5.29. The Bertz CT molecular complexity index is 659. The van der Waals surface area contributed by atoms with Crippen molar-refractivity contribution in [3.63, 3.8) is 0 Å². The second-order valence-corrected chi connectivity index (χ2v) is 5.80. The van der Waals surface area contributed by atoms with E-state index in [4.69, 9.17) is 10.5 Å². The van der Waals surface area contributed by atoms with Crippen LogP contribution in [-0.2, 0) is 19.5 Å². The predicted molar refractivity (Wildman–Crippen MR) is 84.3 cm³/mol. The molecule has 0 fully saturated rings. The number of nitrogens with two attached hydrogens (primary N) is 1. The molecule has 1 aliphatic heterocycles. The number of anilines is 1. The Morgan fingerprint density at radius 1 is 1.36 bits per heavy atom. The average Bonchev–Trinajstić information content (AvgIpc) is 2.49. The fourth-order valence-corrected chi connectivity index (χ4v) is 2.64. The molecule has 2 aromatic rings. The van der Waals surface area contributed by atoms with Gasteiger partial charge in [0.2, 0.25) is 11.8 Å². The lowest BCUT2D eigenvalue weighted by atomic mass is 10.1. The maximum Gasteiger partial charge on any atom is 0.220 e. The summed E-state index contributed by atoms with van der Waals surface area (Å²) < 4.78 is 5.79. The van der Waals surface area contributed by atoms with Gasteiger partial charge in [-0.25, -0.2) is 15.0 Å². The second-order valence-electron chi connectivity index (χ2n) is 5.80. The van der Waals surface area contributed by atoms with Crippen molar-refractivity contribution in [3.05, 3.63) is 41.3 Å². The highest BCUT2D eigenvalue weighted by Gasteiger charge is 2.19. The number of rotatable bonds is 4. The lowest BCUT2D eigenvalue weighted by molar-refractivity contribution is 0.211. The monoisotopic (exact) mass is 299 g/mol. The normalized spacial score (nSPS) is 14.9. The zero-order valence-corrected chi connectivity index (χ0v) is 13.0. The summed E-state index contributed by atoms with van der Waals surface area (Å²) in [5.41, 5.74) is 8.97. The number of hydrogen-bond donors (Lipinski definition) is 1. The van der Waals surface area contributed by atoms with Gasteiger partial charge in [-0.3, -0.25) is 4.90 Å². The fraction of sp³-hybridized carbons (Fsp3) is 0.438. The maximum absolute atomic E-state index is 5.79. The lowest BCUT2D eigenvalue weighted by Gasteiger charge is -2.28. The molecule has 3 heterocycles. The van der Waals surface area contributed by atoms with Crippen molar-refractivity contribution < 1.29 is 4.74 Å². The number of nitrogens with zero attached hydrogens (tertiary/aromatic N) is 4. The Balaban J connectivity index is 1.74. The molecule has 0 saturated carbocycles. The zero-order chi connectivity index (χ0) is 15.5. The van der Waals surface area contributed by atoms with Gasteiger partial charge in [0.15, 0.2) is 0 Å². The van der Waals surface area contributed by atoms with Gasteiger partial charge in [0.05, 0.1) is 11.8 Å². The fourth-order valence-electron chi connectivity index (χ4n) is 2.64. The molecule has 2 aromatic heterocycles. The molecule has 0 unspecified atom stereocenters. The molecule has 0 aliphatic carbocycles. The molecule has 0 spiro atoms. The van der Waals surface area contributed by atoms with E-state index < -0.39 is 0 Å². The molecule has 6 heteroatoms. The van der Waals surface area contributed by atoms with Gasteiger partial charge in [-0.1, -0.05) is 6.07 Å². The Hall–Kier alpha value is -2.21. The smallest absolute Gasteiger partial charge is 0.220 e. The van der Waals surface area contributed by atoms with Crippen LogP contribution in [0, 0.1) is 0 Å². The molecule has 0 atom stereocenters. The number of aromatic nitrogens is 3. The van der Waals surface area contributed by atoms with Crippen LogP contribution in [-0.4, -0.2) is 32.5 Å². The first-order chi connectivity index (χ1) is 10.6. The lowest BCUT2D eigenvalue weighted by Crippen LogP contribution is -2.31. The van der Waals surface area contributed by atoms with Crippen molar-refractivity contribution in [1.29, 1.82) is 0 Å². The number of hydrogen-bond acceptors (Lipinski definition) is 6. The van der Waals surface area contributed by atoms with E-state index in [1.807, 2.05) is 26.1 Å². The molecule has 0 bridgehead atoms. The van der Waals surface area contributed by atoms with Gasteiger partial charge in [-0.15, -0.1) is 0 Å². The van der Waals surface area contributed by atoms with E-state index in [-0.39, 0.29) is 6.10 Å². The van der Waals surface area contributed by atoms with Crippen molar-refractivity contribution in [3.8, 4) is 5.88 Å². The zero-order valence-electron chi connectivity index (χ0n) is 13.0. The van der Waals surface area contributed by atoms with Crippen molar-refractivity contribution in [1.82, 2.24) is 19.9 Å². The van der Waals surface area contributed by atoms with Gasteiger partial charge in [-0.2, -0.15) is 0 Å². The molecule has 0 radical (unpaired) electrons. The Morgan fingerprint density at radius 3 is 3.05 bits per heavy atom. The van der Waals surface area contributed by atoms with E-state index in [2.05, 4.69) is 25.9 Å². The van der Waals surface area contributed by atoms with Crippen molar-refractivity contribution in [2.75, 3.05) is 12.3 Å².